The second-order valence-corrected chi connectivity index (χ2v) is 4.12. The number of aryl methyl sites for hydroxylation is 1. The van der Waals surface area contributed by atoms with E-state index >= 15 is 0 Å². The molecule has 17 heavy (non-hydrogen) atoms. The minimum Gasteiger partial charge on any atom is -0.334 e. The molecule has 0 aliphatic rings. The van der Waals surface area contributed by atoms with E-state index in [1.807, 2.05) is 43.8 Å². The number of nitrogens with one attached hydrogen (secondary N) is 1. The highest BCUT2D eigenvalue weighted by Crippen LogP contribution is 2.09. The minimum absolute atomic E-state index is 0.349. The van der Waals surface area contributed by atoms with Gasteiger partial charge in [-0.15, -0.1) is 0 Å². The van der Waals surface area contributed by atoms with E-state index in [4.69, 9.17) is 0 Å². The molecular weight excluding hydrogens is 212 g/mol. The van der Waals surface area contributed by atoms with Gasteiger partial charge in [-0.2, -0.15) is 0 Å². The Kier molecular flexibility index (Phi) is 3.88. The van der Waals surface area contributed by atoms with E-state index in [9.17, 15) is 0 Å². The highest BCUT2D eigenvalue weighted by molar-refractivity contribution is 5.13. The third-order valence-corrected chi connectivity index (χ3v) is 2.93. The van der Waals surface area contributed by atoms with E-state index in [-0.39, 0.29) is 0 Å². The Balaban J connectivity index is 1.81. The van der Waals surface area contributed by atoms with Crippen LogP contribution in [0.1, 0.15) is 24.4 Å². The van der Waals surface area contributed by atoms with Crippen molar-refractivity contribution in [3.8, 4) is 0 Å². The second kappa shape index (κ2) is 5.59. The smallest absolute Gasteiger partial charge is 0.105 e. The molecule has 0 radical (unpaired) electrons. The Morgan fingerprint density at radius 3 is 2.71 bits per heavy atom. The van der Waals surface area contributed by atoms with Gasteiger partial charge in [0, 0.05) is 43.9 Å². The van der Waals surface area contributed by atoms with Crippen LogP contribution in [0.2, 0.25) is 0 Å². The quantitative estimate of drug-likeness (QED) is 0.853. The first-order chi connectivity index (χ1) is 8.27. The van der Waals surface area contributed by atoms with Crippen LogP contribution in [0.15, 0.2) is 36.9 Å². The number of rotatable bonds is 5. The Hall–Kier alpha value is -1.68. The largest absolute Gasteiger partial charge is 0.334 e. The van der Waals surface area contributed by atoms with Crippen LogP contribution in [-0.4, -0.2) is 21.1 Å². The van der Waals surface area contributed by atoms with E-state index < -0.39 is 0 Å². The lowest BCUT2D eigenvalue weighted by Gasteiger charge is -2.14. The predicted molar refractivity (Wildman–Crippen MR) is 67.6 cm³/mol. The normalized spacial score (nSPS) is 12.6. The number of nitrogens with zero attached hydrogens (tertiary/aromatic N) is 3. The minimum atomic E-state index is 0.349. The van der Waals surface area contributed by atoms with Crippen LogP contribution in [0.3, 0.4) is 0 Å². The van der Waals surface area contributed by atoms with Crippen molar-refractivity contribution in [3.05, 3.63) is 48.3 Å². The molecule has 0 saturated carbocycles. The fourth-order valence-corrected chi connectivity index (χ4v) is 1.81. The third kappa shape index (κ3) is 3.14. The summed E-state index contributed by atoms with van der Waals surface area (Å²) in [4.78, 5) is 8.22. The van der Waals surface area contributed by atoms with Gasteiger partial charge in [0.1, 0.15) is 5.82 Å². The van der Waals surface area contributed by atoms with Crippen LogP contribution in [-0.2, 0) is 6.54 Å². The second-order valence-electron chi connectivity index (χ2n) is 4.12. The fraction of sp³-hybridized carbons (Fsp3) is 0.385. The summed E-state index contributed by atoms with van der Waals surface area (Å²) in [5.74, 6) is 1.06. The summed E-state index contributed by atoms with van der Waals surface area (Å²) in [6.45, 7) is 6.06. The zero-order chi connectivity index (χ0) is 12.1. The molecule has 1 atom stereocenters. The maximum Gasteiger partial charge on any atom is 0.105 e. The van der Waals surface area contributed by atoms with Crippen LogP contribution in [0, 0.1) is 6.92 Å². The van der Waals surface area contributed by atoms with Gasteiger partial charge >= 0.3 is 0 Å². The molecule has 0 amide bonds. The molecule has 1 N–H and O–H groups in total. The molecule has 4 heteroatoms. The maximum absolute atomic E-state index is 4.20. The summed E-state index contributed by atoms with van der Waals surface area (Å²) in [6, 6.07) is 4.43. The monoisotopic (exact) mass is 230 g/mol. The Labute approximate surface area is 102 Å². The van der Waals surface area contributed by atoms with Crippen LogP contribution < -0.4 is 5.32 Å². The highest BCUT2D eigenvalue weighted by Gasteiger charge is 2.03. The number of hydrogen-bond acceptors (Lipinski definition) is 3. The molecular formula is C13H18N4. The van der Waals surface area contributed by atoms with Crippen LogP contribution in [0.25, 0.3) is 0 Å². The van der Waals surface area contributed by atoms with Gasteiger partial charge in [-0.3, -0.25) is 4.98 Å². The van der Waals surface area contributed by atoms with Crippen LogP contribution >= 0.6 is 0 Å². The van der Waals surface area contributed by atoms with E-state index in [1.165, 1.54) is 5.56 Å². The van der Waals surface area contributed by atoms with Crippen molar-refractivity contribution in [2.24, 2.45) is 0 Å². The maximum atomic E-state index is 4.20. The summed E-state index contributed by atoms with van der Waals surface area (Å²) < 4.78 is 2.15. The van der Waals surface area contributed by atoms with Crippen molar-refractivity contribution >= 4 is 0 Å². The summed E-state index contributed by atoms with van der Waals surface area (Å²) in [7, 11) is 0. The van der Waals surface area contributed by atoms with Gasteiger partial charge in [-0.1, -0.05) is 0 Å². The number of pyridine rings is 1. The third-order valence-electron chi connectivity index (χ3n) is 2.93. The first kappa shape index (κ1) is 11.8. The highest BCUT2D eigenvalue weighted by atomic mass is 15.1. The molecule has 0 aliphatic carbocycles. The lowest BCUT2D eigenvalue weighted by atomic mass is 10.1. The summed E-state index contributed by atoms with van der Waals surface area (Å²) in [5, 5.41) is 3.49. The molecule has 0 aliphatic heterocycles. The fourth-order valence-electron chi connectivity index (χ4n) is 1.81. The van der Waals surface area contributed by atoms with Crippen LogP contribution in [0.5, 0.6) is 0 Å². The van der Waals surface area contributed by atoms with Crippen LogP contribution in [0.4, 0.5) is 0 Å². The Bertz CT molecular complexity index is 449. The average molecular weight is 230 g/mol. The van der Waals surface area contributed by atoms with Gasteiger partial charge in [0.05, 0.1) is 0 Å². The molecule has 0 aromatic carbocycles. The Morgan fingerprint density at radius 2 is 2.06 bits per heavy atom. The zero-order valence-corrected chi connectivity index (χ0v) is 10.3. The molecule has 0 bridgehead atoms. The molecule has 0 spiro atoms. The lowest BCUT2D eigenvalue weighted by molar-refractivity contribution is 0.526. The topological polar surface area (TPSA) is 42.7 Å². The molecule has 2 heterocycles. The van der Waals surface area contributed by atoms with Gasteiger partial charge in [0.15, 0.2) is 0 Å². The molecule has 0 unspecified atom stereocenters. The van der Waals surface area contributed by atoms with Crippen molar-refractivity contribution in [1.29, 1.82) is 0 Å². The van der Waals surface area contributed by atoms with Gasteiger partial charge in [0.25, 0.3) is 0 Å². The van der Waals surface area contributed by atoms with Gasteiger partial charge in [0.2, 0.25) is 0 Å². The molecule has 4 nitrogen and oxygen atoms in total. The van der Waals surface area contributed by atoms with Crippen molar-refractivity contribution < 1.29 is 0 Å². The molecule has 0 saturated heterocycles. The summed E-state index contributed by atoms with van der Waals surface area (Å²) in [5.41, 5.74) is 1.27. The van der Waals surface area contributed by atoms with Gasteiger partial charge in [-0.05, 0) is 31.5 Å². The standard InChI is InChI=1S/C13H18N4/c1-11(13-3-5-14-6-4-13)15-7-9-17-10-8-16-12(17)2/h3-6,8,10-11,15H,7,9H2,1-2H3/t11-/m0/s1. The number of imidazole rings is 1. The molecule has 90 valence electrons. The van der Waals surface area contributed by atoms with E-state index in [0.717, 1.165) is 18.9 Å². The summed E-state index contributed by atoms with van der Waals surface area (Å²) >= 11 is 0. The zero-order valence-electron chi connectivity index (χ0n) is 10.3. The lowest BCUT2D eigenvalue weighted by Crippen LogP contribution is -2.23. The van der Waals surface area contributed by atoms with Crippen molar-refractivity contribution in [2.75, 3.05) is 6.54 Å². The van der Waals surface area contributed by atoms with Crippen molar-refractivity contribution in [3.63, 3.8) is 0 Å². The molecule has 2 aromatic heterocycles. The first-order valence-electron chi connectivity index (χ1n) is 5.88. The van der Waals surface area contributed by atoms with Gasteiger partial charge < -0.3 is 9.88 Å². The Morgan fingerprint density at radius 1 is 1.29 bits per heavy atom. The molecule has 2 aromatic rings. The van der Waals surface area contributed by atoms with Crippen molar-refractivity contribution in [2.45, 2.75) is 26.4 Å². The first-order valence-corrected chi connectivity index (χ1v) is 5.88. The van der Waals surface area contributed by atoms with E-state index in [0.29, 0.717) is 6.04 Å². The summed E-state index contributed by atoms with van der Waals surface area (Å²) in [6.07, 6.45) is 7.50. The van der Waals surface area contributed by atoms with Gasteiger partial charge in [-0.25, -0.2) is 4.98 Å². The van der Waals surface area contributed by atoms with Crippen molar-refractivity contribution in [1.82, 2.24) is 19.9 Å². The average Bonchev–Trinajstić information content (AvgIpc) is 2.76. The number of hydrogen-bond donors (Lipinski definition) is 1. The molecule has 2 rings (SSSR count). The van der Waals surface area contributed by atoms with E-state index in [1.54, 1.807) is 0 Å². The molecule has 0 fully saturated rings. The SMILES string of the molecule is Cc1nccn1CCN[C@@H](C)c1ccncc1. The predicted octanol–water partition coefficient (Wildman–Crippen LogP) is 1.94. The van der Waals surface area contributed by atoms with E-state index in [2.05, 4.69) is 26.8 Å². The number of aromatic nitrogens is 3.